The minimum atomic E-state index is -0.383. The number of hydrogen-bond acceptors (Lipinski definition) is 4. The van der Waals surface area contributed by atoms with E-state index in [0.717, 1.165) is 30.8 Å². The van der Waals surface area contributed by atoms with Crippen molar-refractivity contribution in [2.45, 2.75) is 18.4 Å². The maximum absolute atomic E-state index is 12.2. The minimum absolute atomic E-state index is 0.266. The Morgan fingerprint density at radius 1 is 1.00 bits per heavy atom. The lowest BCUT2D eigenvalue weighted by molar-refractivity contribution is -0.144. The summed E-state index contributed by atoms with van der Waals surface area (Å²) in [4.78, 5) is 19.4. The maximum Gasteiger partial charge on any atom is 0.358 e. The van der Waals surface area contributed by atoms with E-state index in [4.69, 9.17) is 4.84 Å². The Kier molecular flexibility index (Phi) is 3.67. The van der Waals surface area contributed by atoms with Crippen molar-refractivity contribution in [2.24, 2.45) is 5.16 Å². The van der Waals surface area contributed by atoms with Gasteiger partial charge in [0, 0.05) is 18.7 Å². The van der Waals surface area contributed by atoms with Gasteiger partial charge in [0.25, 0.3) is 0 Å². The minimum Gasteiger partial charge on any atom is -0.316 e. The number of rotatable bonds is 3. The number of carbonyl (C=O) groups excluding carboxylic acids is 1. The van der Waals surface area contributed by atoms with E-state index in [1.54, 1.807) is 0 Å². The summed E-state index contributed by atoms with van der Waals surface area (Å²) in [5.74, 6) is 0.194. The third-order valence-corrected chi connectivity index (χ3v) is 4.64. The van der Waals surface area contributed by atoms with Crippen LogP contribution >= 0.6 is 0 Å². The average molecular weight is 306 g/mol. The fraction of sp³-hybridized carbons (Fsp3) is 0.263. The van der Waals surface area contributed by atoms with Gasteiger partial charge in [0.05, 0.1) is 0 Å². The monoisotopic (exact) mass is 306 g/mol. The quantitative estimate of drug-likeness (QED) is 0.819. The Morgan fingerprint density at radius 2 is 1.70 bits per heavy atom. The Labute approximate surface area is 135 Å². The second-order valence-electron chi connectivity index (χ2n) is 6.05. The molecule has 2 aliphatic rings. The fourth-order valence-corrected chi connectivity index (χ4v) is 3.47. The van der Waals surface area contributed by atoms with Crippen LogP contribution in [0.3, 0.4) is 0 Å². The fourth-order valence-electron chi connectivity index (χ4n) is 3.47. The smallest absolute Gasteiger partial charge is 0.316 e. The van der Waals surface area contributed by atoms with Gasteiger partial charge in [0.2, 0.25) is 0 Å². The molecular weight excluding hydrogens is 288 g/mol. The Hall–Kier alpha value is -2.46. The number of nitrogens with zero attached hydrogens (tertiary/aromatic N) is 2. The molecule has 0 radical (unpaired) electrons. The first-order valence-electron chi connectivity index (χ1n) is 7.96. The summed E-state index contributed by atoms with van der Waals surface area (Å²) in [6, 6.07) is 19.9. The van der Waals surface area contributed by atoms with Gasteiger partial charge in [-0.05, 0) is 17.9 Å². The predicted molar refractivity (Wildman–Crippen MR) is 88.2 cm³/mol. The van der Waals surface area contributed by atoms with Crippen molar-refractivity contribution >= 4 is 11.7 Å². The molecule has 4 rings (SSSR count). The van der Waals surface area contributed by atoms with E-state index in [-0.39, 0.29) is 12.0 Å². The molecule has 0 amide bonds. The standard InChI is InChI=1S/C19H18N2O2/c22-19-18(17(20-23-19)15-9-5-2-6-10-15)21-12-11-16(13-21)14-7-3-1-4-8-14/h1-10,16,18H,11-13H2. The molecule has 1 fully saturated rings. The first kappa shape index (κ1) is 14.2. The molecule has 0 aromatic heterocycles. The molecule has 4 heteroatoms. The molecule has 0 N–H and O–H groups in total. The summed E-state index contributed by atoms with van der Waals surface area (Å²) in [5.41, 5.74) is 3.01. The van der Waals surface area contributed by atoms with Gasteiger partial charge in [-0.2, -0.15) is 0 Å². The second kappa shape index (κ2) is 5.97. The van der Waals surface area contributed by atoms with Gasteiger partial charge < -0.3 is 4.84 Å². The maximum atomic E-state index is 12.2. The highest BCUT2D eigenvalue weighted by molar-refractivity contribution is 6.17. The van der Waals surface area contributed by atoms with Crippen LogP contribution in [0.15, 0.2) is 65.8 Å². The van der Waals surface area contributed by atoms with Crippen molar-refractivity contribution in [1.29, 1.82) is 0 Å². The van der Waals surface area contributed by atoms with E-state index in [9.17, 15) is 4.79 Å². The van der Waals surface area contributed by atoms with Crippen molar-refractivity contribution in [3.8, 4) is 0 Å². The molecule has 0 saturated carbocycles. The van der Waals surface area contributed by atoms with Crippen molar-refractivity contribution in [2.75, 3.05) is 13.1 Å². The van der Waals surface area contributed by atoms with Crippen molar-refractivity contribution in [3.05, 3.63) is 71.8 Å². The molecule has 2 aromatic rings. The molecule has 116 valence electrons. The van der Waals surface area contributed by atoms with E-state index in [0.29, 0.717) is 5.92 Å². The molecule has 23 heavy (non-hydrogen) atoms. The first-order chi connectivity index (χ1) is 11.3. The topological polar surface area (TPSA) is 41.9 Å². The summed E-state index contributed by atoms with van der Waals surface area (Å²) >= 11 is 0. The van der Waals surface area contributed by atoms with E-state index in [2.05, 4.69) is 34.3 Å². The highest BCUT2D eigenvalue weighted by atomic mass is 16.7. The first-order valence-corrected chi connectivity index (χ1v) is 7.96. The molecule has 0 aliphatic carbocycles. The van der Waals surface area contributed by atoms with Crippen LogP contribution in [0.4, 0.5) is 0 Å². The SMILES string of the molecule is O=C1ON=C(c2ccccc2)C1N1CCC(c2ccccc2)C1. The highest BCUT2D eigenvalue weighted by Gasteiger charge is 2.41. The average Bonchev–Trinajstić information content (AvgIpc) is 3.23. The molecule has 2 atom stereocenters. The van der Waals surface area contributed by atoms with Crippen LogP contribution in [0.25, 0.3) is 0 Å². The second-order valence-corrected chi connectivity index (χ2v) is 6.05. The van der Waals surface area contributed by atoms with Gasteiger partial charge in [0.1, 0.15) is 5.71 Å². The summed E-state index contributed by atoms with van der Waals surface area (Å²) in [7, 11) is 0. The number of likely N-dealkylation sites (tertiary alicyclic amines) is 1. The summed E-state index contributed by atoms with van der Waals surface area (Å²) in [6.45, 7) is 1.74. The highest BCUT2D eigenvalue weighted by Crippen LogP contribution is 2.30. The molecule has 2 aromatic carbocycles. The predicted octanol–water partition coefficient (Wildman–Crippen LogP) is 2.81. The largest absolute Gasteiger partial charge is 0.358 e. The zero-order valence-corrected chi connectivity index (χ0v) is 12.8. The van der Waals surface area contributed by atoms with Crippen LogP contribution in [-0.4, -0.2) is 35.7 Å². The van der Waals surface area contributed by atoms with Gasteiger partial charge in [-0.1, -0.05) is 65.8 Å². The van der Waals surface area contributed by atoms with E-state index in [1.807, 2.05) is 36.4 Å². The lowest BCUT2D eigenvalue weighted by atomic mass is 9.98. The van der Waals surface area contributed by atoms with Crippen LogP contribution in [0.2, 0.25) is 0 Å². The number of carbonyl (C=O) groups is 1. The van der Waals surface area contributed by atoms with Gasteiger partial charge in [-0.15, -0.1) is 0 Å². The molecule has 1 saturated heterocycles. The Morgan fingerprint density at radius 3 is 2.43 bits per heavy atom. The molecule has 2 aliphatic heterocycles. The number of hydrogen-bond donors (Lipinski definition) is 0. The van der Waals surface area contributed by atoms with Crippen LogP contribution in [-0.2, 0) is 9.63 Å². The summed E-state index contributed by atoms with van der Waals surface area (Å²) in [5, 5.41) is 4.04. The van der Waals surface area contributed by atoms with E-state index >= 15 is 0 Å². The van der Waals surface area contributed by atoms with Crippen molar-refractivity contribution in [3.63, 3.8) is 0 Å². The summed E-state index contributed by atoms with van der Waals surface area (Å²) < 4.78 is 0. The van der Waals surface area contributed by atoms with E-state index in [1.165, 1.54) is 5.56 Å². The Bertz CT molecular complexity index is 728. The zero-order chi connectivity index (χ0) is 15.6. The third-order valence-electron chi connectivity index (χ3n) is 4.64. The molecule has 4 nitrogen and oxygen atoms in total. The van der Waals surface area contributed by atoms with Crippen LogP contribution in [0.5, 0.6) is 0 Å². The van der Waals surface area contributed by atoms with Crippen LogP contribution in [0.1, 0.15) is 23.5 Å². The van der Waals surface area contributed by atoms with Gasteiger partial charge in [-0.3, -0.25) is 4.90 Å². The van der Waals surface area contributed by atoms with Crippen molar-refractivity contribution in [1.82, 2.24) is 4.90 Å². The van der Waals surface area contributed by atoms with Crippen molar-refractivity contribution < 1.29 is 9.63 Å². The molecule has 0 spiro atoms. The number of oxime groups is 1. The number of benzene rings is 2. The summed E-state index contributed by atoms with van der Waals surface area (Å²) in [6.07, 6.45) is 1.05. The molecular formula is C19H18N2O2. The third kappa shape index (κ3) is 2.66. The normalized spacial score (nSPS) is 24.5. The molecule has 2 unspecified atom stereocenters. The lowest BCUT2D eigenvalue weighted by Crippen LogP contribution is -2.43. The molecule has 0 bridgehead atoms. The lowest BCUT2D eigenvalue weighted by Gasteiger charge is -2.22. The van der Waals surface area contributed by atoms with Crippen LogP contribution in [0, 0.1) is 0 Å². The molecule has 2 heterocycles. The van der Waals surface area contributed by atoms with E-state index < -0.39 is 0 Å². The Balaban J connectivity index is 1.56. The van der Waals surface area contributed by atoms with Crippen LogP contribution < -0.4 is 0 Å². The van der Waals surface area contributed by atoms with Gasteiger partial charge >= 0.3 is 5.97 Å². The van der Waals surface area contributed by atoms with Gasteiger partial charge in [-0.25, -0.2) is 4.79 Å². The zero-order valence-electron chi connectivity index (χ0n) is 12.8. The van der Waals surface area contributed by atoms with Gasteiger partial charge in [0.15, 0.2) is 6.04 Å².